The van der Waals surface area contributed by atoms with E-state index in [-0.39, 0.29) is 24.0 Å². The lowest BCUT2D eigenvalue weighted by molar-refractivity contribution is 0.181. The zero-order valence-corrected chi connectivity index (χ0v) is 19.5. The molecule has 2 aliphatic heterocycles. The van der Waals surface area contributed by atoms with Gasteiger partial charge in [-0.15, -0.1) is 24.0 Å². The molecule has 0 bridgehead atoms. The van der Waals surface area contributed by atoms with Crippen LogP contribution in [0.1, 0.15) is 31.2 Å². The van der Waals surface area contributed by atoms with Crippen molar-refractivity contribution in [2.24, 2.45) is 16.6 Å². The first-order valence-corrected chi connectivity index (χ1v) is 11.4. The third kappa shape index (κ3) is 8.20. The number of hydrogen-bond donors (Lipinski definition) is 1. The molecular formula is C21H35IN4S. The summed E-state index contributed by atoms with van der Waals surface area (Å²) >= 11 is 2.01. The number of likely N-dealkylation sites (tertiary alicyclic amines) is 1. The Morgan fingerprint density at radius 3 is 2.44 bits per heavy atom. The SMILES string of the molecule is I.NC(=NCCCCN1CCC(Cc2ccccc2)CC1)N1CCSCC1. The predicted octanol–water partition coefficient (Wildman–Crippen LogP) is 3.70. The molecule has 0 spiro atoms. The summed E-state index contributed by atoms with van der Waals surface area (Å²) in [5.74, 6) is 3.97. The highest BCUT2D eigenvalue weighted by Crippen LogP contribution is 2.21. The van der Waals surface area contributed by atoms with Gasteiger partial charge in [0.15, 0.2) is 5.96 Å². The third-order valence-electron chi connectivity index (χ3n) is 5.57. The van der Waals surface area contributed by atoms with Crippen LogP contribution in [0.2, 0.25) is 0 Å². The molecule has 2 aliphatic rings. The zero-order chi connectivity index (χ0) is 18.0. The summed E-state index contributed by atoms with van der Waals surface area (Å²) in [4.78, 5) is 9.45. The van der Waals surface area contributed by atoms with Gasteiger partial charge in [-0.25, -0.2) is 0 Å². The maximum Gasteiger partial charge on any atom is 0.191 e. The molecule has 3 rings (SSSR count). The molecule has 27 heavy (non-hydrogen) atoms. The lowest BCUT2D eigenvalue weighted by Crippen LogP contribution is -2.42. The maximum absolute atomic E-state index is 6.11. The number of nitrogens with zero attached hydrogens (tertiary/aromatic N) is 3. The summed E-state index contributed by atoms with van der Waals surface area (Å²) in [6.07, 6.45) is 6.31. The number of rotatable bonds is 7. The maximum atomic E-state index is 6.11. The van der Waals surface area contributed by atoms with Crippen LogP contribution in [0.5, 0.6) is 0 Å². The van der Waals surface area contributed by atoms with Crippen molar-refractivity contribution >= 4 is 41.7 Å². The summed E-state index contributed by atoms with van der Waals surface area (Å²) in [5.41, 5.74) is 7.60. The molecule has 2 N–H and O–H groups in total. The smallest absolute Gasteiger partial charge is 0.191 e. The minimum Gasteiger partial charge on any atom is -0.370 e. The van der Waals surface area contributed by atoms with Gasteiger partial charge in [-0.3, -0.25) is 4.99 Å². The Kier molecular flexibility index (Phi) is 10.9. The van der Waals surface area contributed by atoms with E-state index in [4.69, 9.17) is 5.73 Å². The fourth-order valence-corrected chi connectivity index (χ4v) is 4.80. The van der Waals surface area contributed by atoms with Gasteiger partial charge in [0.1, 0.15) is 0 Å². The minimum absolute atomic E-state index is 0. The highest BCUT2D eigenvalue weighted by molar-refractivity contribution is 14.0. The van der Waals surface area contributed by atoms with Crippen molar-refractivity contribution in [1.29, 1.82) is 0 Å². The Labute approximate surface area is 186 Å². The van der Waals surface area contributed by atoms with Crippen LogP contribution in [0.4, 0.5) is 0 Å². The van der Waals surface area contributed by atoms with Crippen LogP contribution in [0, 0.1) is 5.92 Å². The highest BCUT2D eigenvalue weighted by Gasteiger charge is 2.19. The molecule has 0 atom stereocenters. The molecule has 0 aliphatic carbocycles. The molecule has 2 saturated heterocycles. The van der Waals surface area contributed by atoms with Crippen molar-refractivity contribution in [1.82, 2.24) is 9.80 Å². The van der Waals surface area contributed by atoms with E-state index >= 15 is 0 Å². The van der Waals surface area contributed by atoms with Gasteiger partial charge in [0.25, 0.3) is 0 Å². The second-order valence-corrected chi connectivity index (χ2v) is 8.75. The fraction of sp³-hybridized carbons (Fsp3) is 0.667. The van der Waals surface area contributed by atoms with Crippen LogP contribution >= 0.6 is 35.7 Å². The first-order valence-electron chi connectivity index (χ1n) is 10.2. The van der Waals surface area contributed by atoms with Crippen LogP contribution in [0.3, 0.4) is 0 Å². The van der Waals surface area contributed by atoms with Gasteiger partial charge in [-0.1, -0.05) is 30.3 Å². The fourth-order valence-electron chi connectivity index (χ4n) is 3.89. The molecule has 2 fully saturated rings. The normalized spacial score (nSPS) is 19.7. The molecule has 0 amide bonds. The van der Waals surface area contributed by atoms with Crippen molar-refractivity contribution in [2.45, 2.75) is 32.1 Å². The molecule has 1 aromatic rings. The van der Waals surface area contributed by atoms with E-state index in [0.29, 0.717) is 0 Å². The summed E-state index contributed by atoms with van der Waals surface area (Å²) in [6, 6.07) is 11.0. The van der Waals surface area contributed by atoms with Crippen molar-refractivity contribution < 1.29 is 0 Å². The Balaban J connectivity index is 0.00000261. The number of guanidine groups is 1. The number of nitrogens with two attached hydrogens (primary N) is 1. The lowest BCUT2D eigenvalue weighted by Gasteiger charge is -2.32. The average molecular weight is 503 g/mol. The van der Waals surface area contributed by atoms with Crippen LogP contribution in [-0.2, 0) is 6.42 Å². The molecule has 6 heteroatoms. The quantitative estimate of drug-likeness (QED) is 0.267. The van der Waals surface area contributed by atoms with Gasteiger partial charge in [-0.05, 0) is 63.2 Å². The van der Waals surface area contributed by atoms with E-state index in [1.54, 1.807) is 0 Å². The summed E-state index contributed by atoms with van der Waals surface area (Å²) in [7, 11) is 0. The van der Waals surface area contributed by atoms with Gasteiger partial charge in [0.2, 0.25) is 0 Å². The van der Waals surface area contributed by atoms with Gasteiger partial charge in [-0.2, -0.15) is 11.8 Å². The van der Waals surface area contributed by atoms with Crippen LogP contribution in [-0.4, -0.2) is 66.5 Å². The van der Waals surface area contributed by atoms with Gasteiger partial charge < -0.3 is 15.5 Å². The van der Waals surface area contributed by atoms with Crippen molar-refractivity contribution in [2.75, 3.05) is 50.8 Å². The molecule has 1 aromatic carbocycles. The van der Waals surface area contributed by atoms with Gasteiger partial charge >= 0.3 is 0 Å². The molecular weight excluding hydrogens is 467 g/mol. The van der Waals surface area contributed by atoms with Gasteiger partial charge in [0.05, 0.1) is 0 Å². The monoisotopic (exact) mass is 502 g/mol. The van der Waals surface area contributed by atoms with E-state index in [1.807, 2.05) is 11.8 Å². The molecule has 0 radical (unpaired) electrons. The topological polar surface area (TPSA) is 44.9 Å². The first kappa shape index (κ1) is 22.8. The van der Waals surface area contributed by atoms with E-state index < -0.39 is 0 Å². The summed E-state index contributed by atoms with van der Waals surface area (Å²) in [6.45, 7) is 6.71. The molecule has 4 nitrogen and oxygen atoms in total. The summed E-state index contributed by atoms with van der Waals surface area (Å²) in [5, 5.41) is 0. The summed E-state index contributed by atoms with van der Waals surface area (Å²) < 4.78 is 0. The number of halogens is 1. The van der Waals surface area contributed by atoms with Crippen LogP contribution in [0.15, 0.2) is 35.3 Å². The Morgan fingerprint density at radius 1 is 1.04 bits per heavy atom. The van der Waals surface area contributed by atoms with Gasteiger partial charge in [0, 0.05) is 31.1 Å². The largest absolute Gasteiger partial charge is 0.370 e. The second kappa shape index (κ2) is 12.9. The number of piperidine rings is 1. The van der Waals surface area contributed by atoms with E-state index in [2.05, 4.69) is 45.1 Å². The van der Waals surface area contributed by atoms with Crippen molar-refractivity contribution in [3.05, 3.63) is 35.9 Å². The standard InChI is InChI=1S/C21H34N4S.HI/c22-21(25-14-16-26-17-15-25)23-10-4-5-11-24-12-8-20(9-13-24)18-19-6-2-1-3-7-19;/h1-3,6-7,20H,4-5,8-18H2,(H2,22,23);1H. The number of aliphatic imine (C=N–C) groups is 1. The highest BCUT2D eigenvalue weighted by atomic mass is 127. The number of thioether (sulfide) groups is 1. The first-order chi connectivity index (χ1) is 12.8. The van der Waals surface area contributed by atoms with Crippen LogP contribution < -0.4 is 5.73 Å². The molecule has 2 heterocycles. The average Bonchev–Trinajstić information content (AvgIpc) is 2.70. The Morgan fingerprint density at radius 2 is 1.74 bits per heavy atom. The van der Waals surface area contributed by atoms with E-state index in [9.17, 15) is 0 Å². The third-order valence-corrected chi connectivity index (χ3v) is 6.51. The molecule has 0 unspecified atom stereocenters. The number of unbranched alkanes of at least 4 members (excludes halogenated alkanes) is 1. The predicted molar refractivity (Wildman–Crippen MR) is 129 cm³/mol. The second-order valence-electron chi connectivity index (χ2n) is 7.52. The molecule has 0 aromatic heterocycles. The number of benzene rings is 1. The molecule has 0 saturated carbocycles. The van der Waals surface area contributed by atoms with E-state index in [0.717, 1.165) is 37.9 Å². The van der Waals surface area contributed by atoms with Crippen LogP contribution in [0.25, 0.3) is 0 Å². The minimum atomic E-state index is 0. The Hall–Kier alpha value is -0.470. The van der Waals surface area contributed by atoms with E-state index in [1.165, 1.54) is 62.4 Å². The molecule has 152 valence electrons. The lowest BCUT2D eigenvalue weighted by atomic mass is 9.90. The Bertz CT molecular complexity index is 540. The van der Waals surface area contributed by atoms with Crippen molar-refractivity contribution in [3.63, 3.8) is 0 Å². The zero-order valence-electron chi connectivity index (χ0n) is 16.4. The van der Waals surface area contributed by atoms with Crippen molar-refractivity contribution in [3.8, 4) is 0 Å². The number of hydrogen-bond acceptors (Lipinski definition) is 3.